The van der Waals surface area contributed by atoms with Gasteiger partial charge in [0.05, 0.1) is 6.42 Å². The van der Waals surface area contributed by atoms with Crippen LogP contribution < -0.4 is 0 Å². The van der Waals surface area contributed by atoms with Gasteiger partial charge in [0.1, 0.15) is 11.4 Å². The number of carbonyl (C=O) groups is 2. The molecule has 1 atom stereocenters. The molecule has 0 aliphatic rings. The monoisotopic (exact) mass is 268 g/mol. The highest BCUT2D eigenvalue weighted by atomic mass is 16.6. The molecule has 0 spiro atoms. The molecule has 0 aliphatic heterocycles. The normalized spacial score (nSPS) is 12.8. The number of hydrogen-bond acceptors (Lipinski definition) is 3. The summed E-state index contributed by atoms with van der Waals surface area (Å²) < 4.78 is 5.26. The standard InChI is InChI=1S/C16H28O3/c1-6-7-8-9-10-11-14(13(2)17)12-15(18)19-16(3,4)5/h6,14H,1,7-12H2,2-5H3/t14-/m1/s1. The van der Waals surface area contributed by atoms with Crippen molar-refractivity contribution < 1.29 is 14.3 Å². The topological polar surface area (TPSA) is 43.4 Å². The van der Waals surface area contributed by atoms with Crippen molar-refractivity contribution >= 4 is 11.8 Å². The highest BCUT2D eigenvalue weighted by Crippen LogP contribution is 2.18. The van der Waals surface area contributed by atoms with Crippen molar-refractivity contribution in [1.82, 2.24) is 0 Å². The van der Waals surface area contributed by atoms with Crippen LogP contribution in [0.3, 0.4) is 0 Å². The van der Waals surface area contributed by atoms with E-state index in [1.165, 1.54) is 0 Å². The summed E-state index contributed by atoms with van der Waals surface area (Å²) in [6, 6.07) is 0. The first-order valence-corrected chi connectivity index (χ1v) is 7.09. The van der Waals surface area contributed by atoms with Gasteiger partial charge in [-0.25, -0.2) is 0 Å². The number of Topliss-reactive ketones (excluding diaryl/α,β-unsaturated/α-hetero) is 1. The molecule has 0 amide bonds. The molecule has 3 nitrogen and oxygen atoms in total. The van der Waals surface area contributed by atoms with E-state index in [1.54, 1.807) is 6.92 Å². The van der Waals surface area contributed by atoms with Gasteiger partial charge in [-0.1, -0.05) is 18.9 Å². The number of rotatable bonds is 9. The smallest absolute Gasteiger partial charge is 0.307 e. The number of esters is 1. The average Bonchev–Trinajstić information content (AvgIpc) is 2.24. The van der Waals surface area contributed by atoms with Crippen molar-refractivity contribution in [2.24, 2.45) is 5.92 Å². The SMILES string of the molecule is C=CCCCCC[C@H](CC(=O)OC(C)(C)C)C(C)=O. The number of ketones is 1. The van der Waals surface area contributed by atoms with E-state index in [0.717, 1.165) is 32.1 Å². The molecule has 110 valence electrons. The molecule has 0 N–H and O–H groups in total. The third-order valence-corrected chi connectivity index (χ3v) is 2.87. The highest BCUT2D eigenvalue weighted by Gasteiger charge is 2.22. The van der Waals surface area contributed by atoms with Crippen LogP contribution in [0.15, 0.2) is 12.7 Å². The summed E-state index contributed by atoms with van der Waals surface area (Å²) >= 11 is 0. The Balaban J connectivity index is 4.08. The molecular weight excluding hydrogens is 240 g/mol. The minimum atomic E-state index is -0.484. The molecule has 3 heteroatoms. The van der Waals surface area contributed by atoms with Gasteiger partial charge in [0.15, 0.2) is 0 Å². The molecule has 19 heavy (non-hydrogen) atoms. The van der Waals surface area contributed by atoms with Gasteiger partial charge in [0.2, 0.25) is 0 Å². The van der Waals surface area contributed by atoms with Crippen molar-refractivity contribution in [3.8, 4) is 0 Å². The molecule has 0 aromatic carbocycles. The van der Waals surface area contributed by atoms with Gasteiger partial charge in [0, 0.05) is 5.92 Å². The Hall–Kier alpha value is -1.12. The van der Waals surface area contributed by atoms with Crippen molar-refractivity contribution in [3.05, 3.63) is 12.7 Å². The lowest BCUT2D eigenvalue weighted by atomic mass is 9.94. The summed E-state index contributed by atoms with van der Waals surface area (Å²) in [5.41, 5.74) is -0.484. The maximum absolute atomic E-state index is 11.7. The van der Waals surface area contributed by atoms with Crippen LogP contribution >= 0.6 is 0 Å². The number of ether oxygens (including phenoxy) is 1. The van der Waals surface area contributed by atoms with Crippen LogP contribution in [-0.2, 0) is 14.3 Å². The summed E-state index contributed by atoms with van der Waals surface area (Å²) in [6.07, 6.45) is 7.03. The summed E-state index contributed by atoms with van der Waals surface area (Å²) in [5.74, 6) is -0.396. The molecule has 0 bridgehead atoms. The Bertz CT molecular complexity index is 300. The second-order valence-corrected chi connectivity index (χ2v) is 6.02. The van der Waals surface area contributed by atoms with E-state index in [0.29, 0.717) is 0 Å². The van der Waals surface area contributed by atoms with Crippen LogP contribution in [0.1, 0.15) is 66.2 Å². The summed E-state index contributed by atoms with van der Waals surface area (Å²) in [4.78, 5) is 23.3. The quantitative estimate of drug-likeness (QED) is 0.360. The largest absolute Gasteiger partial charge is 0.460 e. The Morgan fingerprint density at radius 3 is 2.32 bits per heavy atom. The van der Waals surface area contributed by atoms with E-state index in [-0.39, 0.29) is 24.1 Å². The lowest BCUT2D eigenvalue weighted by molar-refractivity contribution is -0.157. The second-order valence-electron chi connectivity index (χ2n) is 6.02. The summed E-state index contributed by atoms with van der Waals surface area (Å²) in [6.45, 7) is 10.7. The van der Waals surface area contributed by atoms with Crippen molar-refractivity contribution in [3.63, 3.8) is 0 Å². The fraction of sp³-hybridized carbons (Fsp3) is 0.750. The van der Waals surface area contributed by atoms with E-state index in [1.807, 2.05) is 26.8 Å². The zero-order valence-electron chi connectivity index (χ0n) is 12.8. The molecule has 0 heterocycles. The second kappa shape index (κ2) is 8.89. The molecule has 0 saturated carbocycles. The van der Waals surface area contributed by atoms with Crippen molar-refractivity contribution in [2.75, 3.05) is 0 Å². The predicted molar refractivity (Wildman–Crippen MR) is 77.9 cm³/mol. The third-order valence-electron chi connectivity index (χ3n) is 2.87. The maximum atomic E-state index is 11.7. The minimum absolute atomic E-state index is 0.0783. The Labute approximate surface area is 117 Å². The molecule has 0 unspecified atom stereocenters. The molecule has 0 aromatic rings. The van der Waals surface area contributed by atoms with Crippen LogP contribution in [0.5, 0.6) is 0 Å². The zero-order valence-corrected chi connectivity index (χ0v) is 12.8. The van der Waals surface area contributed by atoms with E-state index in [4.69, 9.17) is 4.74 Å². The predicted octanol–water partition coefficient (Wildman–Crippen LogP) is 4.06. The van der Waals surface area contributed by atoms with Gasteiger partial charge < -0.3 is 4.74 Å². The van der Waals surface area contributed by atoms with Crippen LogP contribution in [0, 0.1) is 5.92 Å². The first-order chi connectivity index (χ1) is 8.76. The van der Waals surface area contributed by atoms with Crippen molar-refractivity contribution in [2.45, 2.75) is 71.8 Å². The summed E-state index contributed by atoms with van der Waals surface area (Å²) in [7, 11) is 0. The molecular formula is C16H28O3. The molecule has 0 saturated heterocycles. The lowest BCUT2D eigenvalue weighted by Gasteiger charge is -2.21. The van der Waals surface area contributed by atoms with Gasteiger partial charge >= 0.3 is 5.97 Å². The first-order valence-electron chi connectivity index (χ1n) is 7.09. The Kier molecular flexibility index (Phi) is 8.37. The highest BCUT2D eigenvalue weighted by molar-refractivity contribution is 5.83. The number of unbranched alkanes of at least 4 members (excludes halogenated alkanes) is 3. The molecule has 0 radical (unpaired) electrons. The first kappa shape index (κ1) is 17.9. The lowest BCUT2D eigenvalue weighted by Crippen LogP contribution is -2.26. The maximum Gasteiger partial charge on any atom is 0.307 e. The third kappa shape index (κ3) is 10.5. The van der Waals surface area contributed by atoms with Crippen LogP contribution in [0.25, 0.3) is 0 Å². The molecule has 0 rings (SSSR count). The van der Waals surface area contributed by atoms with Gasteiger partial charge in [-0.15, -0.1) is 6.58 Å². The van der Waals surface area contributed by atoms with Gasteiger partial charge in [-0.2, -0.15) is 0 Å². The van der Waals surface area contributed by atoms with Gasteiger partial charge in [0.25, 0.3) is 0 Å². The zero-order chi connectivity index (χ0) is 14.9. The number of carbonyl (C=O) groups excluding carboxylic acids is 2. The Morgan fingerprint density at radius 1 is 1.21 bits per heavy atom. The fourth-order valence-electron chi connectivity index (χ4n) is 1.89. The average molecular weight is 268 g/mol. The van der Waals surface area contributed by atoms with Gasteiger partial charge in [-0.3, -0.25) is 9.59 Å². The van der Waals surface area contributed by atoms with Crippen molar-refractivity contribution in [1.29, 1.82) is 0 Å². The molecule has 0 aliphatic carbocycles. The minimum Gasteiger partial charge on any atom is -0.460 e. The van der Waals surface area contributed by atoms with E-state index < -0.39 is 5.60 Å². The van der Waals surface area contributed by atoms with E-state index in [9.17, 15) is 9.59 Å². The Morgan fingerprint density at radius 2 is 1.84 bits per heavy atom. The van der Waals surface area contributed by atoms with Crippen LogP contribution in [-0.4, -0.2) is 17.4 Å². The summed E-state index contributed by atoms with van der Waals surface area (Å²) in [5, 5.41) is 0. The van der Waals surface area contributed by atoms with E-state index in [2.05, 4.69) is 6.58 Å². The number of hydrogen-bond donors (Lipinski definition) is 0. The van der Waals surface area contributed by atoms with Crippen LogP contribution in [0.2, 0.25) is 0 Å². The van der Waals surface area contributed by atoms with Gasteiger partial charge in [-0.05, 0) is 47.0 Å². The molecule has 0 aromatic heterocycles. The molecule has 0 fully saturated rings. The fourth-order valence-corrected chi connectivity index (χ4v) is 1.89. The van der Waals surface area contributed by atoms with E-state index >= 15 is 0 Å². The number of allylic oxidation sites excluding steroid dienone is 1. The van der Waals surface area contributed by atoms with Crippen LogP contribution in [0.4, 0.5) is 0 Å².